The number of rotatable bonds is 4. The van der Waals surface area contributed by atoms with Gasteiger partial charge in [-0.1, -0.05) is 5.92 Å². The van der Waals surface area contributed by atoms with Gasteiger partial charge in [0.1, 0.15) is 6.61 Å². The number of carbonyl (C=O) groups excluding carboxylic acids is 1. The molecule has 1 aromatic heterocycles. The first-order valence-electron chi connectivity index (χ1n) is 7.41. The summed E-state index contributed by atoms with van der Waals surface area (Å²) in [6, 6.07) is 5.73. The van der Waals surface area contributed by atoms with E-state index in [1.165, 1.54) is 0 Å². The fourth-order valence-electron chi connectivity index (χ4n) is 2.76. The standard InChI is InChI=1S/C17H18N2O2S/c1-2-9-21-11-13-5-7-19(8-6-13)17(20)14-3-4-15-16(10-14)22-12-18-15/h1,3-4,10,12-13H,5-9,11H2. The topological polar surface area (TPSA) is 42.4 Å². The Kier molecular flexibility index (Phi) is 4.71. The van der Waals surface area contributed by atoms with E-state index < -0.39 is 0 Å². The first-order chi connectivity index (χ1) is 10.8. The van der Waals surface area contributed by atoms with Crippen LogP contribution in [-0.4, -0.2) is 42.1 Å². The van der Waals surface area contributed by atoms with Crippen LogP contribution < -0.4 is 0 Å². The highest BCUT2D eigenvalue weighted by molar-refractivity contribution is 7.16. The molecule has 114 valence electrons. The Morgan fingerprint density at radius 2 is 2.27 bits per heavy atom. The van der Waals surface area contributed by atoms with Crippen molar-refractivity contribution >= 4 is 27.5 Å². The molecule has 0 unspecified atom stereocenters. The molecule has 1 saturated heterocycles. The maximum absolute atomic E-state index is 12.6. The number of hydrogen-bond acceptors (Lipinski definition) is 4. The smallest absolute Gasteiger partial charge is 0.253 e. The minimum Gasteiger partial charge on any atom is -0.369 e. The van der Waals surface area contributed by atoms with Crippen molar-refractivity contribution in [1.29, 1.82) is 0 Å². The van der Waals surface area contributed by atoms with Crippen LogP contribution >= 0.6 is 11.3 Å². The third-order valence-corrected chi connectivity index (χ3v) is 4.81. The van der Waals surface area contributed by atoms with Crippen LogP contribution in [0, 0.1) is 18.3 Å². The van der Waals surface area contributed by atoms with Crippen molar-refractivity contribution in [3.05, 3.63) is 29.3 Å². The van der Waals surface area contributed by atoms with Crippen LogP contribution in [-0.2, 0) is 4.74 Å². The average Bonchev–Trinajstić information content (AvgIpc) is 3.02. The van der Waals surface area contributed by atoms with Crippen molar-refractivity contribution in [1.82, 2.24) is 9.88 Å². The molecule has 0 bridgehead atoms. The van der Waals surface area contributed by atoms with Crippen LogP contribution in [0.15, 0.2) is 23.7 Å². The van der Waals surface area contributed by atoms with E-state index in [1.54, 1.807) is 16.8 Å². The molecule has 0 N–H and O–H groups in total. The Labute approximate surface area is 134 Å². The second kappa shape index (κ2) is 6.91. The number of piperidine rings is 1. The summed E-state index contributed by atoms with van der Waals surface area (Å²) < 4.78 is 6.46. The van der Waals surface area contributed by atoms with Gasteiger partial charge < -0.3 is 9.64 Å². The molecule has 22 heavy (non-hydrogen) atoms. The molecule has 0 radical (unpaired) electrons. The second-order valence-electron chi connectivity index (χ2n) is 5.49. The van der Waals surface area contributed by atoms with E-state index in [9.17, 15) is 4.79 Å². The number of ether oxygens (including phenoxy) is 1. The molecular weight excluding hydrogens is 296 g/mol. The third kappa shape index (κ3) is 3.29. The maximum Gasteiger partial charge on any atom is 0.253 e. The molecule has 1 aromatic carbocycles. The van der Waals surface area contributed by atoms with E-state index in [0.717, 1.165) is 41.7 Å². The van der Waals surface area contributed by atoms with Gasteiger partial charge in [0, 0.05) is 18.7 Å². The molecular formula is C17H18N2O2S. The second-order valence-corrected chi connectivity index (χ2v) is 6.38. The van der Waals surface area contributed by atoms with Crippen LogP contribution in [0.3, 0.4) is 0 Å². The zero-order chi connectivity index (χ0) is 15.4. The van der Waals surface area contributed by atoms with E-state index in [4.69, 9.17) is 11.2 Å². The number of benzene rings is 1. The largest absolute Gasteiger partial charge is 0.369 e. The molecule has 1 fully saturated rings. The number of amides is 1. The maximum atomic E-state index is 12.6. The Hall–Kier alpha value is -1.90. The van der Waals surface area contributed by atoms with Gasteiger partial charge in [0.05, 0.1) is 22.3 Å². The summed E-state index contributed by atoms with van der Waals surface area (Å²) in [5, 5.41) is 0. The summed E-state index contributed by atoms with van der Waals surface area (Å²) in [6.07, 6.45) is 7.11. The van der Waals surface area contributed by atoms with Crippen LogP contribution in [0.2, 0.25) is 0 Å². The highest BCUT2D eigenvalue weighted by Gasteiger charge is 2.23. The van der Waals surface area contributed by atoms with Gasteiger partial charge in [-0.25, -0.2) is 4.98 Å². The number of likely N-dealkylation sites (tertiary alicyclic amines) is 1. The van der Waals surface area contributed by atoms with E-state index in [0.29, 0.717) is 19.1 Å². The molecule has 1 amide bonds. The van der Waals surface area contributed by atoms with Gasteiger partial charge in [-0.05, 0) is 37.0 Å². The minimum atomic E-state index is 0.110. The molecule has 0 atom stereocenters. The highest BCUT2D eigenvalue weighted by Crippen LogP contribution is 2.23. The molecule has 0 spiro atoms. The number of terminal acetylenes is 1. The molecule has 2 heterocycles. The first-order valence-corrected chi connectivity index (χ1v) is 8.29. The van der Waals surface area contributed by atoms with Crippen LogP contribution in [0.5, 0.6) is 0 Å². The van der Waals surface area contributed by atoms with Crippen molar-refractivity contribution in [3.8, 4) is 12.3 Å². The lowest BCUT2D eigenvalue weighted by Crippen LogP contribution is -2.39. The summed E-state index contributed by atoms with van der Waals surface area (Å²) >= 11 is 1.56. The number of thiazole rings is 1. The Morgan fingerprint density at radius 1 is 1.45 bits per heavy atom. The van der Waals surface area contributed by atoms with Gasteiger partial charge in [0.15, 0.2) is 0 Å². The predicted octanol–water partition coefficient (Wildman–Crippen LogP) is 2.80. The molecule has 5 heteroatoms. The third-order valence-electron chi connectivity index (χ3n) is 4.02. The van der Waals surface area contributed by atoms with Crippen molar-refractivity contribution < 1.29 is 9.53 Å². The monoisotopic (exact) mass is 314 g/mol. The number of aromatic nitrogens is 1. The number of fused-ring (bicyclic) bond motifs is 1. The Morgan fingerprint density at radius 3 is 3.05 bits per heavy atom. The van der Waals surface area contributed by atoms with Crippen molar-refractivity contribution in [3.63, 3.8) is 0 Å². The van der Waals surface area contributed by atoms with E-state index in [2.05, 4.69) is 10.9 Å². The number of nitrogens with zero attached hydrogens (tertiary/aromatic N) is 2. The number of hydrogen-bond donors (Lipinski definition) is 0. The van der Waals surface area contributed by atoms with E-state index in [-0.39, 0.29) is 5.91 Å². The molecule has 2 aromatic rings. The van der Waals surface area contributed by atoms with Gasteiger partial charge in [-0.3, -0.25) is 4.79 Å². The van der Waals surface area contributed by atoms with Gasteiger partial charge in [-0.15, -0.1) is 17.8 Å². The lowest BCUT2D eigenvalue weighted by Gasteiger charge is -2.31. The summed E-state index contributed by atoms with van der Waals surface area (Å²) in [6.45, 7) is 2.63. The molecule has 0 saturated carbocycles. The minimum absolute atomic E-state index is 0.110. The van der Waals surface area contributed by atoms with Gasteiger partial charge in [-0.2, -0.15) is 0 Å². The van der Waals surface area contributed by atoms with Crippen molar-refractivity contribution in [2.75, 3.05) is 26.3 Å². The fraction of sp³-hybridized carbons (Fsp3) is 0.412. The first kappa shape index (κ1) is 15.0. The summed E-state index contributed by atoms with van der Waals surface area (Å²) in [5.74, 6) is 3.09. The molecule has 1 aliphatic heterocycles. The van der Waals surface area contributed by atoms with Gasteiger partial charge in [0.2, 0.25) is 0 Å². The van der Waals surface area contributed by atoms with E-state index >= 15 is 0 Å². The zero-order valence-corrected chi connectivity index (χ0v) is 13.1. The lowest BCUT2D eigenvalue weighted by molar-refractivity contribution is 0.0582. The predicted molar refractivity (Wildman–Crippen MR) is 87.9 cm³/mol. The van der Waals surface area contributed by atoms with Gasteiger partial charge >= 0.3 is 0 Å². The number of carbonyl (C=O) groups is 1. The Bertz CT molecular complexity index is 696. The SMILES string of the molecule is C#CCOCC1CCN(C(=O)c2ccc3ncsc3c2)CC1. The summed E-state index contributed by atoms with van der Waals surface area (Å²) in [4.78, 5) is 18.8. The molecule has 1 aliphatic rings. The Balaban J connectivity index is 1.58. The van der Waals surface area contributed by atoms with Gasteiger partial charge in [0.25, 0.3) is 5.91 Å². The van der Waals surface area contributed by atoms with Crippen molar-refractivity contribution in [2.24, 2.45) is 5.92 Å². The fourth-order valence-corrected chi connectivity index (χ4v) is 3.47. The molecule has 0 aliphatic carbocycles. The zero-order valence-electron chi connectivity index (χ0n) is 12.3. The summed E-state index contributed by atoms with van der Waals surface area (Å²) in [5.41, 5.74) is 3.50. The van der Waals surface area contributed by atoms with Crippen molar-refractivity contribution in [2.45, 2.75) is 12.8 Å². The summed E-state index contributed by atoms with van der Waals surface area (Å²) in [7, 11) is 0. The normalized spacial score (nSPS) is 15.9. The van der Waals surface area contributed by atoms with Crippen LogP contribution in [0.4, 0.5) is 0 Å². The lowest BCUT2D eigenvalue weighted by atomic mass is 9.97. The average molecular weight is 314 g/mol. The highest BCUT2D eigenvalue weighted by atomic mass is 32.1. The van der Waals surface area contributed by atoms with Crippen LogP contribution in [0.25, 0.3) is 10.2 Å². The molecule has 4 nitrogen and oxygen atoms in total. The molecule has 3 rings (SSSR count). The quantitative estimate of drug-likeness (QED) is 0.644. The van der Waals surface area contributed by atoms with Crippen LogP contribution in [0.1, 0.15) is 23.2 Å². The van der Waals surface area contributed by atoms with E-state index in [1.807, 2.05) is 23.1 Å².